The second kappa shape index (κ2) is 7.27. The highest BCUT2D eigenvalue weighted by atomic mass is 79.9. The Balaban J connectivity index is 1.59. The standard InChI is InChI=1S/C17H17BrN4OS/c1-11-16(18)12(2)22(21-11)9-15(23)19-8-14-10-24-17(20-14)13-6-4-3-5-7-13/h3-7,10H,8-9H2,1-2H3,(H,19,23). The molecule has 0 saturated heterocycles. The quantitative estimate of drug-likeness (QED) is 0.704. The first-order valence-corrected chi connectivity index (χ1v) is 9.18. The Hall–Kier alpha value is -1.99. The van der Waals surface area contributed by atoms with Crippen LogP contribution in [0.4, 0.5) is 0 Å². The zero-order chi connectivity index (χ0) is 17.1. The van der Waals surface area contributed by atoms with Crippen molar-refractivity contribution in [2.24, 2.45) is 0 Å². The fourth-order valence-corrected chi connectivity index (χ4v) is 3.42. The number of thiazole rings is 1. The summed E-state index contributed by atoms with van der Waals surface area (Å²) in [5, 5.41) is 10.2. The minimum absolute atomic E-state index is 0.0811. The number of halogens is 1. The van der Waals surface area contributed by atoms with Gasteiger partial charge in [-0.15, -0.1) is 11.3 Å². The van der Waals surface area contributed by atoms with Gasteiger partial charge in [0.05, 0.1) is 28.1 Å². The molecule has 0 saturated carbocycles. The highest BCUT2D eigenvalue weighted by molar-refractivity contribution is 9.10. The van der Waals surface area contributed by atoms with Crippen LogP contribution in [0.5, 0.6) is 0 Å². The number of hydrogen-bond acceptors (Lipinski definition) is 4. The van der Waals surface area contributed by atoms with Crippen LogP contribution in [0.3, 0.4) is 0 Å². The molecular weight excluding hydrogens is 388 g/mol. The molecule has 7 heteroatoms. The molecule has 3 rings (SSSR count). The van der Waals surface area contributed by atoms with Crippen LogP contribution >= 0.6 is 27.3 Å². The van der Waals surface area contributed by atoms with Gasteiger partial charge in [-0.05, 0) is 29.8 Å². The van der Waals surface area contributed by atoms with Crippen LogP contribution in [0.15, 0.2) is 40.2 Å². The Labute approximate surface area is 152 Å². The zero-order valence-electron chi connectivity index (χ0n) is 13.4. The maximum atomic E-state index is 12.1. The number of carbonyl (C=O) groups is 1. The van der Waals surface area contributed by atoms with E-state index in [-0.39, 0.29) is 12.5 Å². The minimum atomic E-state index is -0.0811. The van der Waals surface area contributed by atoms with Crippen molar-refractivity contribution in [2.45, 2.75) is 26.9 Å². The molecule has 0 unspecified atom stereocenters. The van der Waals surface area contributed by atoms with Crippen LogP contribution in [0, 0.1) is 13.8 Å². The molecular formula is C17H17BrN4OS. The predicted octanol–water partition coefficient (Wildman–Crippen LogP) is 3.70. The van der Waals surface area contributed by atoms with Crippen molar-refractivity contribution in [3.05, 3.63) is 57.3 Å². The lowest BCUT2D eigenvalue weighted by Crippen LogP contribution is -2.28. The van der Waals surface area contributed by atoms with Gasteiger partial charge in [-0.2, -0.15) is 5.10 Å². The average molecular weight is 405 g/mol. The number of hydrogen-bond donors (Lipinski definition) is 1. The molecule has 5 nitrogen and oxygen atoms in total. The molecule has 1 amide bonds. The normalized spacial score (nSPS) is 10.8. The molecule has 1 aromatic carbocycles. The van der Waals surface area contributed by atoms with Crippen LogP contribution in [-0.2, 0) is 17.9 Å². The first-order valence-electron chi connectivity index (χ1n) is 7.50. The molecule has 124 valence electrons. The molecule has 2 heterocycles. The SMILES string of the molecule is Cc1nn(CC(=O)NCc2csc(-c3ccccc3)n2)c(C)c1Br. The van der Waals surface area contributed by atoms with Crippen molar-refractivity contribution in [3.8, 4) is 10.6 Å². The van der Waals surface area contributed by atoms with E-state index in [0.29, 0.717) is 6.54 Å². The van der Waals surface area contributed by atoms with Crippen molar-refractivity contribution in [1.82, 2.24) is 20.1 Å². The van der Waals surface area contributed by atoms with Crippen LogP contribution < -0.4 is 5.32 Å². The van der Waals surface area contributed by atoms with Gasteiger partial charge in [-0.3, -0.25) is 9.48 Å². The van der Waals surface area contributed by atoms with Crippen LogP contribution in [0.25, 0.3) is 10.6 Å². The fourth-order valence-electron chi connectivity index (χ4n) is 2.31. The highest BCUT2D eigenvalue weighted by Crippen LogP contribution is 2.23. The molecule has 0 aliphatic rings. The van der Waals surface area contributed by atoms with Crippen LogP contribution in [0.2, 0.25) is 0 Å². The van der Waals surface area contributed by atoms with E-state index in [4.69, 9.17) is 0 Å². The number of nitrogens with one attached hydrogen (secondary N) is 1. The summed E-state index contributed by atoms with van der Waals surface area (Å²) in [6, 6.07) is 10.0. The summed E-state index contributed by atoms with van der Waals surface area (Å²) in [6.45, 7) is 4.46. The number of benzene rings is 1. The monoisotopic (exact) mass is 404 g/mol. The molecule has 24 heavy (non-hydrogen) atoms. The fraction of sp³-hybridized carbons (Fsp3) is 0.235. The van der Waals surface area contributed by atoms with E-state index < -0.39 is 0 Å². The number of amides is 1. The third-order valence-corrected chi connectivity index (χ3v) is 5.71. The van der Waals surface area contributed by atoms with Gasteiger partial charge in [0.1, 0.15) is 11.6 Å². The largest absolute Gasteiger partial charge is 0.349 e. The van der Waals surface area contributed by atoms with Crippen molar-refractivity contribution < 1.29 is 4.79 Å². The smallest absolute Gasteiger partial charge is 0.242 e. The lowest BCUT2D eigenvalue weighted by Gasteiger charge is -2.05. The molecule has 0 radical (unpaired) electrons. The summed E-state index contributed by atoms with van der Waals surface area (Å²) in [4.78, 5) is 16.7. The van der Waals surface area contributed by atoms with Gasteiger partial charge in [0.25, 0.3) is 0 Å². The molecule has 0 fully saturated rings. The Morgan fingerprint density at radius 1 is 1.29 bits per heavy atom. The summed E-state index contributed by atoms with van der Waals surface area (Å²) < 4.78 is 2.65. The van der Waals surface area contributed by atoms with E-state index in [2.05, 4.69) is 31.3 Å². The number of aromatic nitrogens is 3. The zero-order valence-corrected chi connectivity index (χ0v) is 15.8. The molecule has 2 aromatic heterocycles. The third kappa shape index (κ3) is 3.73. The van der Waals surface area contributed by atoms with Gasteiger partial charge in [-0.25, -0.2) is 4.98 Å². The average Bonchev–Trinajstić information content (AvgIpc) is 3.15. The van der Waals surface area contributed by atoms with Gasteiger partial charge >= 0.3 is 0 Å². The lowest BCUT2D eigenvalue weighted by molar-refractivity contribution is -0.122. The van der Waals surface area contributed by atoms with E-state index in [1.165, 1.54) is 0 Å². The molecule has 1 N–H and O–H groups in total. The Morgan fingerprint density at radius 2 is 2.04 bits per heavy atom. The van der Waals surface area contributed by atoms with Crippen molar-refractivity contribution in [1.29, 1.82) is 0 Å². The minimum Gasteiger partial charge on any atom is -0.349 e. The van der Waals surface area contributed by atoms with E-state index >= 15 is 0 Å². The van der Waals surface area contributed by atoms with Gasteiger partial charge in [0.2, 0.25) is 5.91 Å². The van der Waals surface area contributed by atoms with E-state index in [1.54, 1.807) is 16.0 Å². The second-order valence-corrected chi connectivity index (χ2v) is 7.08. The summed E-state index contributed by atoms with van der Waals surface area (Å²) >= 11 is 5.05. The van der Waals surface area contributed by atoms with Crippen LogP contribution in [-0.4, -0.2) is 20.7 Å². The Bertz CT molecular complexity index is 857. The van der Waals surface area contributed by atoms with Crippen molar-refractivity contribution in [2.75, 3.05) is 0 Å². The van der Waals surface area contributed by atoms with E-state index in [0.717, 1.165) is 32.1 Å². The Morgan fingerprint density at radius 3 is 2.71 bits per heavy atom. The molecule has 0 aliphatic carbocycles. The number of carbonyl (C=O) groups excluding carboxylic acids is 1. The molecule has 0 spiro atoms. The summed E-state index contributed by atoms with van der Waals surface area (Å²) in [7, 11) is 0. The topological polar surface area (TPSA) is 59.8 Å². The van der Waals surface area contributed by atoms with Crippen LogP contribution in [0.1, 0.15) is 17.1 Å². The summed E-state index contributed by atoms with van der Waals surface area (Å²) in [5.41, 5.74) is 3.78. The van der Waals surface area contributed by atoms with Gasteiger partial charge in [0, 0.05) is 10.9 Å². The molecule has 0 atom stereocenters. The number of nitrogens with zero attached hydrogens (tertiary/aromatic N) is 3. The van der Waals surface area contributed by atoms with Gasteiger partial charge in [0.15, 0.2) is 0 Å². The number of rotatable bonds is 5. The molecule has 0 aliphatic heterocycles. The maximum absolute atomic E-state index is 12.1. The maximum Gasteiger partial charge on any atom is 0.242 e. The first-order chi connectivity index (χ1) is 11.5. The van der Waals surface area contributed by atoms with Crippen molar-refractivity contribution in [3.63, 3.8) is 0 Å². The van der Waals surface area contributed by atoms with E-state index in [9.17, 15) is 4.79 Å². The first kappa shape index (κ1) is 16.9. The lowest BCUT2D eigenvalue weighted by atomic mass is 10.2. The highest BCUT2D eigenvalue weighted by Gasteiger charge is 2.12. The summed E-state index contributed by atoms with van der Waals surface area (Å²) in [5.74, 6) is -0.0811. The summed E-state index contributed by atoms with van der Waals surface area (Å²) in [6.07, 6.45) is 0. The molecule has 3 aromatic rings. The van der Waals surface area contributed by atoms with E-state index in [1.807, 2.05) is 49.6 Å². The molecule has 0 bridgehead atoms. The Kier molecular flexibility index (Phi) is 5.11. The van der Waals surface area contributed by atoms with Gasteiger partial charge < -0.3 is 5.32 Å². The second-order valence-electron chi connectivity index (χ2n) is 5.43. The van der Waals surface area contributed by atoms with Crippen molar-refractivity contribution >= 4 is 33.2 Å². The third-order valence-electron chi connectivity index (χ3n) is 3.63. The van der Waals surface area contributed by atoms with Gasteiger partial charge in [-0.1, -0.05) is 30.3 Å². The predicted molar refractivity (Wildman–Crippen MR) is 98.8 cm³/mol. The number of aryl methyl sites for hydroxylation is 1.